The topological polar surface area (TPSA) is 26.3 Å². The van der Waals surface area contributed by atoms with E-state index < -0.39 is 0 Å². The van der Waals surface area contributed by atoms with Gasteiger partial charge in [-0.25, -0.2) is 0 Å². The Hall–Kier alpha value is -0.790. The SMILES string of the molecule is CCCCCCCCC=CCCCCCCCCCC(=O)OCC. The third kappa shape index (κ3) is 19.3. The van der Waals surface area contributed by atoms with Crippen LogP contribution in [0.1, 0.15) is 117 Å². The van der Waals surface area contributed by atoms with E-state index in [9.17, 15) is 4.79 Å². The quantitative estimate of drug-likeness (QED) is 0.148. The molecule has 0 radical (unpaired) electrons. The summed E-state index contributed by atoms with van der Waals surface area (Å²) in [5.74, 6) is -0.0368. The van der Waals surface area contributed by atoms with Gasteiger partial charge >= 0.3 is 5.97 Å². The Kier molecular flexibility index (Phi) is 19.6. The number of carbonyl (C=O) groups excluding carboxylic acids is 1. The highest BCUT2D eigenvalue weighted by molar-refractivity contribution is 5.69. The molecule has 0 aliphatic rings. The zero-order valence-corrected chi connectivity index (χ0v) is 16.5. The van der Waals surface area contributed by atoms with E-state index >= 15 is 0 Å². The zero-order valence-electron chi connectivity index (χ0n) is 16.5. The van der Waals surface area contributed by atoms with Crippen LogP contribution >= 0.6 is 0 Å². The fourth-order valence-electron chi connectivity index (χ4n) is 2.93. The van der Waals surface area contributed by atoms with Crippen molar-refractivity contribution in [2.45, 2.75) is 117 Å². The van der Waals surface area contributed by atoms with Crippen molar-refractivity contribution in [2.75, 3.05) is 6.61 Å². The van der Waals surface area contributed by atoms with Gasteiger partial charge in [0.05, 0.1) is 6.61 Å². The van der Waals surface area contributed by atoms with Gasteiger partial charge < -0.3 is 4.74 Å². The normalized spacial score (nSPS) is 11.2. The molecule has 0 bridgehead atoms. The maximum Gasteiger partial charge on any atom is 0.305 e. The molecule has 24 heavy (non-hydrogen) atoms. The summed E-state index contributed by atoms with van der Waals surface area (Å²) in [5, 5.41) is 0. The molecule has 0 aromatic heterocycles. The van der Waals surface area contributed by atoms with Crippen molar-refractivity contribution in [3.05, 3.63) is 12.2 Å². The number of carbonyl (C=O) groups is 1. The fourth-order valence-corrected chi connectivity index (χ4v) is 2.93. The summed E-state index contributed by atoms with van der Waals surface area (Å²) in [6.45, 7) is 4.64. The lowest BCUT2D eigenvalue weighted by Crippen LogP contribution is -2.03. The zero-order chi connectivity index (χ0) is 17.7. The van der Waals surface area contributed by atoms with Crippen molar-refractivity contribution in [3.8, 4) is 0 Å². The second-order valence-corrected chi connectivity index (χ2v) is 6.85. The van der Waals surface area contributed by atoms with Gasteiger partial charge in [0.1, 0.15) is 0 Å². The standard InChI is InChI=1S/C22H42O2/c1-3-5-6-7-8-9-10-11-12-13-14-15-16-17-18-19-20-21-22(23)24-4-2/h11-12H,3-10,13-21H2,1-2H3. The van der Waals surface area contributed by atoms with Gasteiger partial charge in [-0.05, 0) is 39.0 Å². The molecule has 0 aromatic rings. The molecule has 0 heterocycles. The molecule has 2 heteroatoms. The van der Waals surface area contributed by atoms with Gasteiger partial charge in [0.15, 0.2) is 0 Å². The van der Waals surface area contributed by atoms with Crippen LogP contribution in [0.5, 0.6) is 0 Å². The molecule has 0 amide bonds. The van der Waals surface area contributed by atoms with Crippen LogP contribution in [0, 0.1) is 0 Å². The minimum atomic E-state index is -0.0368. The van der Waals surface area contributed by atoms with E-state index in [2.05, 4.69) is 19.1 Å². The number of hydrogen-bond acceptors (Lipinski definition) is 2. The van der Waals surface area contributed by atoms with E-state index in [1.807, 2.05) is 6.92 Å². The van der Waals surface area contributed by atoms with Crippen LogP contribution in [-0.2, 0) is 9.53 Å². The molecule has 0 aliphatic heterocycles. The average Bonchev–Trinajstić information content (AvgIpc) is 2.58. The number of hydrogen-bond donors (Lipinski definition) is 0. The third-order valence-electron chi connectivity index (χ3n) is 4.45. The summed E-state index contributed by atoms with van der Waals surface area (Å²) >= 11 is 0. The largest absolute Gasteiger partial charge is 0.466 e. The first-order valence-corrected chi connectivity index (χ1v) is 10.6. The van der Waals surface area contributed by atoms with Crippen molar-refractivity contribution < 1.29 is 9.53 Å². The number of rotatable bonds is 18. The van der Waals surface area contributed by atoms with Gasteiger partial charge in [-0.15, -0.1) is 0 Å². The van der Waals surface area contributed by atoms with Crippen LogP contribution in [0.25, 0.3) is 0 Å². The molecule has 0 atom stereocenters. The van der Waals surface area contributed by atoms with Crippen molar-refractivity contribution >= 4 is 5.97 Å². The van der Waals surface area contributed by atoms with Gasteiger partial charge in [-0.1, -0.05) is 83.3 Å². The first-order valence-electron chi connectivity index (χ1n) is 10.6. The predicted molar refractivity (Wildman–Crippen MR) is 105 cm³/mol. The molecule has 0 fully saturated rings. The Morgan fingerprint density at radius 2 is 1.12 bits per heavy atom. The lowest BCUT2D eigenvalue weighted by Gasteiger charge is -2.02. The van der Waals surface area contributed by atoms with Crippen molar-refractivity contribution in [1.29, 1.82) is 0 Å². The molecule has 0 saturated heterocycles. The van der Waals surface area contributed by atoms with E-state index in [1.165, 1.54) is 83.5 Å². The first kappa shape index (κ1) is 23.2. The summed E-state index contributed by atoms with van der Waals surface area (Å²) in [6.07, 6.45) is 25.0. The number of ether oxygens (including phenoxy) is 1. The number of allylic oxidation sites excluding steroid dienone is 2. The minimum Gasteiger partial charge on any atom is -0.466 e. The Morgan fingerprint density at radius 3 is 1.62 bits per heavy atom. The molecule has 0 aliphatic carbocycles. The van der Waals surface area contributed by atoms with Crippen LogP contribution in [-0.4, -0.2) is 12.6 Å². The van der Waals surface area contributed by atoms with E-state index in [0.29, 0.717) is 13.0 Å². The molecule has 0 N–H and O–H groups in total. The van der Waals surface area contributed by atoms with E-state index in [4.69, 9.17) is 4.74 Å². The summed E-state index contributed by atoms with van der Waals surface area (Å²) in [7, 11) is 0. The maximum absolute atomic E-state index is 11.2. The van der Waals surface area contributed by atoms with E-state index in [1.54, 1.807) is 0 Å². The van der Waals surface area contributed by atoms with Crippen LogP contribution in [0.4, 0.5) is 0 Å². The van der Waals surface area contributed by atoms with Crippen molar-refractivity contribution in [1.82, 2.24) is 0 Å². The Balaban J connectivity index is 3.11. The molecule has 0 aromatic carbocycles. The molecule has 0 rings (SSSR count). The molecular weight excluding hydrogens is 296 g/mol. The molecular formula is C22H42O2. The summed E-state index contributed by atoms with van der Waals surface area (Å²) < 4.78 is 4.93. The van der Waals surface area contributed by atoms with E-state index in [0.717, 1.165) is 12.8 Å². The van der Waals surface area contributed by atoms with Gasteiger partial charge in [0, 0.05) is 6.42 Å². The lowest BCUT2D eigenvalue weighted by molar-refractivity contribution is -0.143. The second-order valence-electron chi connectivity index (χ2n) is 6.85. The van der Waals surface area contributed by atoms with Crippen LogP contribution in [0.3, 0.4) is 0 Å². The molecule has 142 valence electrons. The van der Waals surface area contributed by atoms with Gasteiger partial charge in [-0.2, -0.15) is 0 Å². The maximum atomic E-state index is 11.2. The molecule has 2 nitrogen and oxygen atoms in total. The highest BCUT2D eigenvalue weighted by Gasteiger charge is 2.00. The smallest absolute Gasteiger partial charge is 0.305 e. The lowest BCUT2D eigenvalue weighted by atomic mass is 10.1. The first-order chi connectivity index (χ1) is 11.8. The fraction of sp³-hybridized carbons (Fsp3) is 0.864. The van der Waals surface area contributed by atoms with E-state index in [-0.39, 0.29) is 5.97 Å². The second kappa shape index (κ2) is 20.3. The average molecular weight is 339 g/mol. The van der Waals surface area contributed by atoms with Crippen molar-refractivity contribution in [2.24, 2.45) is 0 Å². The summed E-state index contributed by atoms with van der Waals surface area (Å²) in [4.78, 5) is 11.2. The van der Waals surface area contributed by atoms with Gasteiger partial charge in [-0.3, -0.25) is 4.79 Å². The Labute approximate surface area is 151 Å². The molecule has 0 unspecified atom stereocenters. The number of unbranched alkanes of at least 4 members (excludes halogenated alkanes) is 13. The minimum absolute atomic E-state index is 0.0368. The van der Waals surface area contributed by atoms with Crippen LogP contribution in [0.15, 0.2) is 12.2 Å². The van der Waals surface area contributed by atoms with Gasteiger partial charge in [0.25, 0.3) is 0 Å². The predicted octanol–water partition coefficient (Wildman–Crippen LogP) is 7.37. The Morgan fingerprint density at radius 1 is 0.667 bits per heavy atom. The Bertz CT molecular complexity index is 284. The summed E-state index contributed by atoms with van der Waals surface area (Å²) in [5.41, 5.74) is 0. The molecule has 0 saturated carbocycles. The van der Waals surface area contributed by atoms with Crippen molar-refractivity contribution in [3.63, 3.8) is 0 Å². The molecule has 0 spiro atoms. The van der Waals surface area contributed by atoms with Crippen LogP contribution < -0.4 is 0 Å². The van der Waals surface area contributed by atoms with Gasteiger partial charge in [0.2, 0.25) is 0 Å². The third-order valence-corrected chi connectivity index (χ3v) is 4.45. The van der Waals surface area contributed by atoms with Crippen LogP contribution in [0.2, 0.25) is 0 Å². The number of esters is 1. The monoisotopic (exact) mass is 338 g/mol. The summed E-state index contributed by atoms with van der Waals surface area (Å²) in [6, 6.07) is 0. The highest BCUT2D eigenvalue weighted by Crippen LogP contribution is 2.11. The highest BCUT2D eigenvalue weighted by atomic mass is 16.5.